The van der Waals surface area contributed by atoms with Crippen molar-refractivity contribution in [1.82, 2.24) is 19.4 Å². The van der Waals surface area contributed by atoms with Crippen LogP contribution in [-0.2, 0) is 24.3 Å². The lowest BCUT2D eigenvalue weighted by molar-refractivity contribution is -0.137. The van der Waals surface area contributed by atoms with Crippen molar-refractivity contribution in [3.8, 4) is 0 Å². The summed E-state index contributed by atoms with van der Waals surface area (Å²) < 4.78 is 2.22. The van der Waals surface area contributed by atoms with E-state index in [4.69, 9.17) is 0 Å². The molecule has 5 heteroatoms. The molecule has 0 spiro atoms. The van der Waals surface area contributed by atoms with Crippen LogP contribution in [0, 0.1) is 11.8 Å². The molecule has 0 radical (unpaired) electrons. The van der Waals surface area contributed by atoms with Crippen LogP contribution in [0.25, 0.3) is 0 Å². The smallest absolute Gasteiger partial charge is 0.226 e. The predicted molar refractivity (Wildman–Crippen MR) is 120 cm³/mol. The van der Waals surface area contributed by atoms with Crippen LogP contribution in [0.2, 0.25) is 0 Å². The first-order chi connectivity index (χ1) is 14.7. The Kier molecular flexibility index (Phi) is 7.00. The molecule has 2 aliphatic heterocycles. The van der Waals surface area contributed by atoms with E-state index < -0.39 is 0 Å². The van der Waals surface area contributed by atoms with Gasteiger partial charge in [0.15, 0.2) is 0 Å². The first-order valence-electron chi connectivity index (χ1n) is 11.4. The van der Waals surface area contributed by atoms with Gasteiger partial charge in [0.2, 0.25) is 5.91 Å². The second kappa shape index (κ2) is 10.1. The molecule has 0 aliphatic carbocycles. The zero-order valence-corrected chi connectivity index (χ0v) is 18.1. The number of allylic oxidation sites excluding steroid dienone is 1. The van der Waals surface area contributed by atoms with Crippen LogP contribution in [0.15, 0.2) is 54.9 Å². The Bertz CT molecular complexity index is 836. The van der Waals surface area contributed by atoms with E-state index in [9.17, 15) is 4.79 Å². The van der Waals surface area contributed by atoms with E-state index in [1.807, 2.05) is 12.3 Å². The van der Waals surface area contributed by atoms with Gasteiger partial charge in [-0.1, -0.05) is 42.5 Å². The molecule has 4 rings (SSSR count). The standard InChI is InChI=1S/C25H34N4O/c1-2-28-19-14-26-24(28)20-27-16-12-22(13-17-27)23-10-6-7-15-29(25(23)30)18-11-21-8-4-3-5-9-21/h3-9,14,19,22-23H,2,10-13,15-18,20H2,1H3/t23-/m0/s1. The number of amides is 1. The summed E-state index contributed by atoms with van der Waals surface area (Å²) in [7, 11) is 0. The van der Waals surface area contributed by atoms with Gasteiger partial charge in [0.05, 0.1) is 6.54 Å². The van der Waals surface area contributed by atoms with Crippen LogP contribution < -0.4 is 0 Å². The molecule has 160 valence electrons. The average molecular weight is 407 g/mol. The Morgan fingerprint density at radius 1 is 1.10 bits per heavy atom. The quantitative estimate of drug-likeness (QED) is 0.658. The van der Waals surface area contributed by atoms with Crippen LogP contribution in [0.3, 0.4) is 0 Å². The summed E-state index contributed by atoms with van der Waals surface area (Å²) in [6, 6.07) is 10.5. The second-order valence-electron chi connectivity index (χ2n) is 8.58. The minimum absolute atomic E-state index is 0.138. The Hall–Kier alpha value is -2.40. The van der Waals surface area contributed by atoms with Crippen LogP contribution >= 0.6 is 0 Å². The summed E-state index contributed by atoms with van der Waals surface area (Å²) in [6.07, 6.45) is 12.4. The monoisotopic (exact) mass is 406 g/mol. The molecule has 5 nitrogen and oxygen atoms in total. The third-order valence-electron chi connectivity index (χ3n) is 6.73. The average Bonchev–Trinajstić information content (AvgIpc) is 3.15. The normalized spacial score (nSPS) is 21.2. The first kappa shape index (κ1) is 20.9. The van der Waals surface area contributed by atoms with Gasteiger partial charge >= 0.3 is 0 Å². The molecular formula is C25H34N4O. The second-order valence-corrected chi connectivity index (χ2v) is 8.58. The zero-order chi connectivity index (χ0) is 20.8. The van der Waals surface area contributed by atoms with E-state index in [-0.39, 0.29) is 5.92 Å². The molecule has 1 aromatic heterocycles. The van der Waals surface area contributed by atoms with Crippen molar-refractivity contribution in [2.24, 2.45) is 11.8 Å². The maximum Gasteiger partial charge on any atom is 0.226 e. The zero-order valence-electron chi connectivity index (χ0n) is 18.1. The number of rotatable bonds is 7. The lowest BCUT2D eigenvalue weighted by Gasteiger charge is -2.36. The Morgan fingerprint density at radius 2 is 1.90 bits per heavy atom. The summed E-state index contributed by atoms with van der Waals surface area (Å²) in [4.78, 5) is 22.4. The van der Waals surface area contributed by atoms with Crippen LogP contribution in [0.5, 0.6) is 0 Å². The summed E-state index contributed by atoms with van der Waals surface area (Å²) in [5, 5.41) is 0. The molecule has 2 aromatic rings. The summed E-state index contributed by atoms with van der Waals surface area (Å²) in [5.74, 6) is 2.13. The number of piperidine rings is 1. The molecule has 0 unspecified atom stereocenters. The third-order valence-corrected chi connectivity index (χ3v) is 6.73. The van der Waals surface area contributed by atoms with Gasteiger partial charge in [0.25, 0.3) is 0 Å². The van der Waals surface area contributed by atoms with Crippen molar-refractivity contribution < 1.29 is 4.79 Å². The highest BCUT2D eigenvalue weighted by Crippen LogP contribution is 2.31. The first-order valence-corrected chi connectivity index (χ1v) is 11.4. The Morgan fingerprint density at radius 3 is 2.67 bits per heavy atom. The van der Waals surface area contributed by atoms with E-state index in [1.54, 1.807) is 0 Å². The van der Waals surface area contributed by atoms with Crippen molar-refractivity contribution in [3.05, 3.63) is 66.3 Å². The van der Waals surface area contributed by atoms with E-state index in [0.717, 1.165) is 70.8 Å². The molecule has 0 saturated carbocycles. The van der Waals surface area contributed by atoms with Crippen LogP contribution in [-0.4, -0.2) is 51.4 Å². The maximum absolute atomic E-state index is 13.3. The highest BCUT2D eigenvalue weighted by Gasteiger charge is 2.34. The molecule has 1 saturated heterocycles. The fourth-order valence-corrected chi connectivity index (χ4v) is 4.87. The molecule has 2 aliphatic rings. The van der Waals surface area contributed by atoms with Crippen LogP contribution in [0.4, 0.5) is 0 Å². The molecule has 30 heavy (non-hydrogen) atoms. The number of carbonyl (C=O) groups is 1. The number of hydrogen-bond donors (Lipinski definition) is 0. The predicted octanol–water partition coefficient (Wildman–Crippen LogP) is 3.76. The highest BCUT2D eigenvalue weighted by molar-refractivity contribution is 5.80. The molecule has 0 N–H and O–H groups in total. The van der Waals surface area contributed by atoms with Crippen molar-refractivity contribution in [1.29, 1.82) is 0 Å². The highest BCUT2D eigenvalue weighted by atomic mass is 16.2. The lowest BCUT2D eigenvalue weighted by atomic mass is 9.81. The van der Waals surface area contributed by atoms with Gasteiger partial charge < -0.3 is 9.47 Å². The van der Waals surface area contributed by atoms with E-state index in [0.29, 0.717) is 11.8 Å². The fraction of sp³-hybridized carbons (Fsp3) is 0.520. The Labute approximate surface area is 180 Å². The minimum Gasteiger partial charge on any atom is -0.338 e. The van der Waals surface area contributed by atoms with Crippen molar-refractivity contribution in [3.63, 3.8) is 0 Å². The number of likely N-dealkylation sites (tertiary alicyclic amines) is 1. The molecule has 1 fully saturated rings. The number of nitrogens with zero attached hydrogens (tertiary/aromatic N) is 4. The number of carbonyl (C=O) groups excluding carboxylic acids is 1. The van der Waals surface area contributed by atoms with Crippen molar-refractivity contribution >= 4 is 5.91 Å². The number of benzene rings is 1. The molecule has 1 atom stereocenters. The Balaban J connectivity index is 1.32. The summed E-state index contributed by atoms with van der Waals surface area (Å²) in [5.41, 5.74) is 1.30. The largest absolute Gasteiger partial charge is 0.338 e. The molecule has 3 heterocycles. The van der Waals surface area contributed by atoms with Crippen molar-refractivity contribution in [2.45, 2.75) is 45.7 Å². The number of hydrogen-bond acceptors (Lipinski definition) is 3. The molecule has 1 aromatic carbocycles. The SMILES string of the molecule is CCn1ccnc1CN1CCC([C@@H]2CC=CCN(CCc3ccccc3)C2=O)CC1. The van der Waals surface area contributed by atoms with Gasteiger partial charge in [-0.3, -0.25) is 9.69 Å². The third kappa shape index (κ3) is 5.01. The van der Waals surface area contributed by atoms with Gasteiger partial charge in [-0.2, -0.15) is 0 Å². The summed E-state index contributed by atoms with van der Waals surface area (Å²) >= 11 is 0. The number of aryl methyl sites for hydroxylation is 1. The number of imidazole rings is 1. The van der Waals surface area contributed by atoms with E-state index in [1.165, 1.54) is 5.56 Å². The van der Waals surface area contributed by atoms with Gasteiger partial charge in [-0.15, -0.1) is 0 Å². The molecule has 0 bridgehead atoms. The summed E-state index contributed by atoms with van der Waals surface area (Å²) in [6.45, 7) is 7.70. The fourth-order valence-electron chi connectivity index (χ4n) is 4.87. The van der Waals surface area contributed by atoms with E-state index >= 15 is 0 Å². The molecular weight excluding hydrogens is 372 g/mol. The van der Waals surface area contributed by atoms with E-state index in [2.05, 4.69) is 68.9 Å². The van der Waals surface area contributed by atoms with Crippen molar-refractivity contribution in [2.75, 3.05) is 26.2 Å². The minimum atomic E-state index is 0.138. The van der Waals surface area contributed by atoms with Gasteiger partial charge in [-0.05, 0) is 57.2 Å². The maximum atomic E-state index is 13.3. The van der Waals surface area contributed by atoms with Gasteiger partial charge in [0.1, 0.15) is 5.82 Å². The molecule has 1 amide bonds. The lowest BCUT2D eigenvalue weighted by Crippen LogP contribution is -2.43. The topological polar surface area (TPSA) is 41.4 Å². The van der Waals surface area contributed by atoms with Crippen LogP contribution in [0.1, 0.15) is 37.6 Å². The van der Waals surface area contributed by atoms with Gasteiger partial charge in [0, 0.05) is 37.9 Å². The number of aromatic nitrogens is 2. The van der Waals surface area contributed by atoms with Gasteiger partial charge in [-0.25, -0.2) is 4.98 Å².